The van der Waals surface area contributed by atoms with Gasteiger partial charge in [-0.15, -0.1) is 0 Å². The van der Waals surface area contributed by atoms with Crippen LogP contribution in [0, 0.1) is 0 Å². The number of rotatable bonds is 4. The Balaban J connectivity index is 1.82. The molecule has 3 rings (SSSR count). The van der Waals surface area contributed by atoms with Gasteiger partial charge in [-0.05, 0) is 42.5 Å². The largest absolute Gasteiger partial charge is 0.496 e. The average molecular weight is 350 g/mol. The number of nitrogens with zero attached hydrogens (tertiary/aromatic N) is 1. The van der Waals surface area contributed by atoms with Crippen molar-refractivity contribution < 1.29 is 23.5 Å². The van der Waals surface area contributed by atoms with Gasteiger partial charge >= 0.3 is 6.09 Å². The van der Waals surface area contributed by atoms with Crippen LogP contribution in [0.2, 0.25) is 0 Å². The number of hydrogen-bond acceptors (Lipinski definition) is 4. The van der Waals surface area contributed by atoms with Gasteiger partial charge in [0, 0.05) is 13.0 Å². The normalized spacial score (nSPS) is 21.8. The van der Waals surface area contributed by atoms with E-state index in [1.54, 1.807) is 0 Å². The number of carbonyl (C=O) groups is 2. The van der Waals surface area contributed by atoms with E-state index >= 15 is 0 Å². The number of likely N-dealkylation sites (tertiary alicyclic amines) is 1. The minimum absolute atomic E-state index is 0.0204. The van der Waals surface area contributed by atoms with Crippen molar-refractivity contribution in [1.82, 2.24) is 10.2 Å². The first-order chi connectivity index (χ1) is 12.0. The van der Waals surface area contributed by atoms with Crippen LogP contribution in [0.1, 0.15) is 34.3 Å². The van der Waals surface area contributed by atoms with Crippen LogP contribution in [0.15, 0.2) is 12.1 Å². The molecule has 1 heterocycles. The van der Waals surface area contributed by atoms with Crippen molar-refractivity contribution in [2.45, 2.75) is 37.9 Å². The molecule has 0 spiro atoms. The highest BCUT2D eigenvalue weighted by Crippen LogP contribution is 2.32. The summed E-state index contributed by atoms with van der Waals surface area (Å²) in [5, 5.41) is 2.55. The Bertz CT molecular complexity index is 679. The predicted molar refractivity (Wildman–Crippen MR) is 89.8 cm³/mol. The van der Waals surface area contributed by atoms with E-state index in [2.05, 4.69) is 10.1 Å². The first-order valence-corrected chi connectivity index (χ1v) is 8.50. The molecule has 2 amide bonds. The number of alkyl carbamates (subject to hydrolysis) is 1. The van der Waals surface area contributed by atoms with E-state index in [1.807, 2.05) is 12.1 Å². The second-order valence-electron chi connectivity index (χ2n) is 6.49. The molecule has 6 nitrogen and oxygen atoms in total. The van der Waals surface area contributed by atoms with Crippen molar-refractivity contribution in [2.24, 2.45) is 0 Å². The summed E-state index contributed by atoms with van der Waals surface area (Å²) in [7, 11) is 2.80. The number of hydrogen-bond donors (Lipinski definition) is 1. The number of alkyl halides is 1. The van der Waals surface area contributed by atoms with Crippen LogP contribution < -0.4 is 10.1 Å². The molecular formula is C18H23FN2O4. The highest BCUT2D eigenvalue weighted by Gasteiger charge is 2.37. The molecule has 1 aromatic carbocycles. The summed E-state index contributed by atoms with van der Waals surface area (Å²) in [6.07, 6.45) is 1.50. The van der Waals surface area contributed by atoms with Crippen LogP contribution >= 0.6 is 0 Å². The number of methoxy groups -OCH3 is 2. The molecule has 2 aliphatic rings. The van der Waals surface area contributed by atoms with E-state index in [1.165, 1.54) is 24.7 Å². The highest BCUT2D eigenvalue weighted by atomic mass is 19.1. The molecule has 1 aliphatic carbocycles. The maximum Gasteiger partial charge on any atom is 0.406 e. The van der Waals surface area contributed by atoms with Gasteiger partial charge in [-0.1, -0.05) is 0 Å². The number of benzene rings is 1. The molecule has 0 saturated carbocycles. The molecule has 136 valence electrons. The molecule has 2 unspecified atom stereocenters. The zero-order chi connectivity index (χ0) is 18.0. The molecule has 0 bridgehead atoms. The number of aryl methyl sites for hydroxylation is 2. The molecule has 1 aromatic rings. The third-order valence-corrected chi connectivity index (χ3v) is 4.94. The molecule has 7 heteroatoms. The topological polar surface area (TPSA) is 67.9 Å². The summed E-state index contributed by atoms with van der Waals surface area (Å²) in [6, 6.07) is 3.39. The maximum absolute atomic E-state index is 13.9. The van der Waals surface area contributed by atoms with E-state index in [0.29, 0.717) is 11.3 Å². The van der Waals surface area contributed by atoms with Gasteiger partial charge in [0.2, 0.25) is 0 Å². The molecule has 1 fully saturated rings. The lowest BCUT2D eigenvalue weighted by molar-refractivity contribution is 0.0722. The number of halogens is 1. The summed E-state index contributed by atoms with van der Waals surface area (Å²) in [5.74, 6) is 0.260. The summed E-state index contributed by atoms with van der Waals surface area (Å²) >= 11 is 0. The number of ether oxygens (including phenoxy) is 2. The fourth-order valence-electron chi connectivity index (χ4n) is 3.67. The highest BCUT2D eigenvalue weighted by molar-refractivity contribution is 5.98. The van der Waals surface area contributed by atoms with E-state index in [0.717, 1.165) is 24.8 Å². The average Bonchev–Trinajstić information content (AvgIpc) is 3.23. The summed E-state index contributed by atoms with van der Waals surface area (Å²) < 4.78 is 23.9. The fourth-order valence-corrected chi connectivity index (χ4v) is 3.67. The van der Waals surface area contributed by atoms with Crippen molar-refractivity contribution >= 4 is 12.0 Å². The Morgan fingerprint density at radius 1 is 1.28 bits per heavy atom. The first kappa shape index (κ1) is 17.5. The van der Waals surface area contributed by atoms with E-state index in [-0.39, 0.29) is 25.4 Å². The number of carbonyl (C=O) groups excluding carboxylic acids is 2. The molecule has 25 heavy (non-hydrogen) atoms. The first-order valence-electron chi connectivity index (χ1n) is 8.50. The van der Waals surface area contributed by atoms with Crippen LogP contribution in [-0.2, 0) is 17.6 Å². The van der Waals surface area contributed by atoms with Gasteiger partial charge in [0.25, 0.3) is 5.91 Å². The summed E-state index contributed by atoms with van der Waals surface area (Å²) in [4.78, 5) is 25.8. The molecular weight excluding hydrogens is 327 g/mol. The lowest BCUT2D eigenvalue weighted by Crippen LogP contribution is -2.43. The number of nitrogens with one attached hydrogen (secondary N) is 1. The van der Waals surface area contributed by atoms with E-state index < -0.39 is 18.3 Å². The van der Waals surface area contributed by atoms with Crippen LogP contribution in [0.3, 0.4) is 0 Å². The molecule has 1 N–H and O–H groups in total. The molecule has 0 radical (unpaired) electrons. The zero-order valence-corrected chi connectivity index (χ0v) is 14.5. The van der Waals surface area contributed by atoms with Crippen LogP contribution in [-0.4, -0.2) is 56.4 Å². The van der Waals surface area contributed by atoms with Crippen molar-refractivity contribution in [2.75, 3.05) is 27.3 Å². The summed E-state index contributed by atoms with van der Waals surface area (Å²) in [6.45, 7) is 0.179. The van der Waals surface area contributed by atoms with Crippen LogP contribution in [0.25, 0.3) is 0 Å². The Morgan fingerprint density at radius 2 is 2.00 bits per heavy atom. The monoisotopic (exact) mass is 350 g/mol. The predicted octanol–water partition coefficient (Wildman–Crippen LogP) is 2.09. The van der Waals surface area contributed by atoms with E-state index in [4.69, 9.17) is 4.74 Å². The third-order valence-electron chi connectivity index (χ3n) is 4.94. The van der Waals surface area contributed by atoms with Gasteiger partial charge in [0.1, 0.15) is 11.9 Å². The standard InChI is InChI=1S/C18H23FN2O4/c1-24-16-7-12-5-3-4-11(12)6-15(16)17(22)21-10-13(19)8-14(21)9-20-18(23)25-2/h6-7,13-14H,3-5,8-10H2,1-2H3,(H,20,23). The smallest absolute Gasteiger partial charge is 0.406 e. The van der Waals surface area contributed by atoms with Crippen molar-refractivity contribution in [1.29, 1.82) is 0 Å². The van der Waals surface area contributed by atoms with Crippen LogP contribution in [0.5, 0.6) is 5.75 Å². The fraction of sp³-hybridized carbons (Fsp3) is 0.556. The number of amides is 2. The van der Waals surface area contributed by atoms with E-state index in [9.17, 15) is 14.0 Å². The van der Waals surface area contributed by atoms with Gasteiger partial charge in [0.05, 0.1) is 32.4 Å². The second kappa shape index (κ2) is 7.29. The van der Waals surface area contributed by atoms with Crippen LogP contribution in [0.4, 0.5) is 9.18 Å². The quantitative estimate of drug-likeness (QED) is 0.903. The molecule has 1 aliphatic heterocycles. The van der Waals surface area contributed by atoms with Crippen molar-refractivity contribution in [3.63, 3.8) is 0 Å². The van der Waals surface area contributed by atoms with Gasteiger partial charge in [-0.2, -0.15) is 0 Å². The Morgan fingerprint density at radius 3 is 2.68 bits per heavy atom. The SMILES string of the molecule is COC(=O)NCC1CC(F)CN1C(=O)c1cc2c(cc1OC)CCC2. The maximum atomic E-state index is 13.9. The molecule has 0 aromatic heterocycles. The van der Waals surface area contributed by atoms with Crippen molar-refractivity contribution in [3.8, 4) is 5.75 Å². The van der Waals surface area contributed by atoms with Gasteiger partial charge in [-0.3, -0.25) is 4.79 Å². The minimum Gasteiger partial charge on any atom is -0.496 e. The Hall–Kier alpha value is -2.31. The lowest BCUT2D eigenvalue weighted by Gasteiger charge is -2.25. The third kappa shape index (κ3) is 3.55. The minimum atomic E-state index is -1.10. The molecule has 2 atom stereocenters. The van der Waals surface area contributed by atoms with Gasteiger partial charge in [-0.25, -0.2) is 9.18 Å². The van der Waals surface area contributed by atoms with Gasteiger partial charge < -0.3 is 19.7 Å². The van der Waals surface area contributed by atoms with Crippen molar-refractivity contribution in [3.05, 3.63) is 28.8 Å². The zero-order valence-electron chi connectivity index (χ0n) is 14.5. The lowest BCUT2D eigenvalue weighted by atomic mass is 10.0. The number of fused-ring (bicyclic) bond motifs is 1. The van der Waals surface area contributed by atoms with Gasteiger partial charge in [0.15, 0.2) is 0 Å². The summed E-state index contributed by atoms with van der Waals surface area (Å²) in [5.41, 5.74) is 2.83. The molecule has 1 saturated heterocycles. The Labute approximate surface area is 146 Å². The second-order valence-corrected chi connectivity index (χ2v) is 6.49. The Kier molecular flexibility index (Phi) is 5.11.